The van der Waals surface area contributed by atoms with Crippen LogP contribution in [0.2, 0.25) is 0 Å². The molecule has 1 aliphatic carbocycles. The lowest BCUT2D eigenvalue weighted by molar-refractivity contribution is -0.0842. The van der Waals surface area contributed by atoms with Crippen LogP contribution in [0.15, 0.2) is 0 Å². The summed E-state index contributed by atoms with van der Waals surface area (Å²) in [5.41, 5.74) is -0.00564. The smallest absolute Gasteiger partial charge is 0.404 e. The average molecular weight is 268 g/mol. The van der Waals surface area contributed by atoms with Gasteiger partial charge in [0.2, 0.25) is 0 Å². The summed E-state index contributed by atoms with van der Waals surface area (Å²) in [6.45, 7) is 15.9. The normalized spacial score (nSPS) is 38.4. The van der Waals surface area contributed by atoms with Gasteiger partial charge in [-0.2, -0.15) is 0 Å². The number of ether oxygens (including phenoxy) is 1. The van der Waals surface area contributed by atoms with Gasteiger partial charge in [0.15, 0.2) is 0 Å². The first-order chi connectivity index (χ1) is 8.55. The van der Waals surface area contributed by atoms with Gasteiger partial charge in [-0.25, -0.2) is 0 Å². The SMILES string of the molecule is C[C@H]1C(C)(C)CC[C@H]2OB(COC(C)(C)C)O[C@]21C. The lowest BCUT2D eigenvalue weighted by Crippen LogP contribution is -2.53. The molecule has 0 bridgehead atoms. The van der Waals surface area contributed by atoms with Crippen LogP contribution in [0.25, 0.3) is 0 Å². The second-order valence-corrected chi connectivity index (χ2v) is 8.03. The second kappa shape index (κ2) is 4.75. The third-order valence-corrected chi connectivity index (χ3v) is 5.08. The fourth-order valence-electron chi connectivity index (χ4n) is 3.33. The number of rotatable bonds is 2. The molecule has 1 saturated heterocycles. The first-order valence-electron chi connectivity index (χ1n) is 7.52. The van der Waals surface area contributed by atoms with Crippen molar-refractivity contribution in [2.45, 2.75) is 78.6 Å². The highest BCUT2D eigenvalue weighted by Gasteiger charge is 2.57. The molecule has 0 N–H and O–H groups in total. The molecule has 3 atom stereocenters. The minimum absolute atomic E-state index is 0.147. The summed E-state index contributed by atoms with van der Waals surface area (Å²) in [6, 6.07) is 0. The topological polar surface area (TPSA) is 27.7 Å². The van der Waals surface area contributed by atoms with Crippen LogP contribution in [0.4, 0.5) is 0 Å². The van der Waals surface area contributed by atoms with Crippen molar-refractivity contribution in [3.63, 3.8) is 0 Å². The van der Waals surface area contributed by atoms with E-state index in [4.69, 9.17) is 14.0 Å². The Labute approximate surface area is 118 Å². The highest BCUT2D eigenvalue weighted by atomic mass is 16.7. The maximum Gasteiger partial charge on any atom is 0.485 e. The van der Waals surface area contributed by atoms with Crippen LogP contribution in [-0.4, -0.2) is 30.9 Å². The molecule has 4 heteroatoms. The molecule has 110 valence electrons. The second-order valence-electron chi connectivity index (χ2n) is 8.03. The van der Waals surface area contributed by atoms with E-state index in [-0.39, 0.29) is 24.4 Å². The van der Waals surface area contributed by atoms with E-state index in [1.807, 2.05) is 0 Å². The predicted octanol–water partition coefficient (Wildman–Crippen LogP) is 3.46. The van der Waals surface area contributed by atoms with Crippen molar-refractivity contribution in [3.05, 3.63) is 0 Å². The molecule has 3 nitrogen and oxygen atoms in total. The van der Waals surface area contributed by atoms with Gasteiger partial charge in [0, 0.05) is 0 Å². The summed E-state index contributed by atoms with van der Waals surface area (Å²) in [7, 11) is -0.217. The van der Waals surface area contributed by atoms with Crippen molar-refractivity contribution in [3.8, 4) is 0 Å². The Bertz CT molecular complexity index is 337. The molecule has 2 aliphatic rings. The van der Waals surface area contributed by atoms with Gasteiger partial charge in [-0.05, 0) is 51.9 Å². The minimum Gasteiger partial charge on any atom is -0.404 e. The summed E-state index contributed by atoms with van der Waals surface area (Å²) >= 11 is 0. The monoisotopic (exact) mass is 268 g/mol. The van der Waals surface area contributed by atoms with E-state index in [2.05, 4.69) is 48.5 Å². The Morgan fingerprint density at radius 3 is 2.47 bits per heavy atom. The zero-order valence-corrected chi connectivity index (χ0v) is 13.6. The van der Waals surface area contributed by atoms with E-state index >= 15 is 0 Å². The molecule has 19 heavy (non-hydrogen) atoms. The number of hydrogen-bond donors (Lipinski definition) is 0. The van der Waals surface area contributed by atoms with E-state index in [0.29, 0.717) is 17.8 Å². The molecule has 2 fully saturated rings. The molecule has 0 amide bonds. The summed E-state index contributed by atoms with van der Waals surface area (Å²) in [5, 5.41) is 0. The van der Waals surface area contributed by atoms with Gasteiger partial charge in [0.05, 0.1) is 23.8 Å². The molecule has 0 unspecified atom stereocenters. The highest BCUT2D eigenvalue weighted by Crippen LogP contribution is 2.51. The summed E-state index contributed by atoms with van der Waals surface area (Å²) in [5.74, 6) is 0.485. The third kappa shape index (κ3) is 3.01. The van der Waals surface area contributed by atoms with Crippen LogP contribution in [0, 0.1) is 11.3 Å². The van der Waals surface area contributed by atoms with Crippen LogP contribution in [0.5, 0.6) is 0 Å². The fraction of sp³-hybridized carbons (Fsp3) is 1.00. The van der Waals surface area contributed by atoms with E-state index < -0.39 is 0 Å². The molecule has 1 heterocycles. The first-order valence-corrected chi connectivity index (χ1v) is 7.52. The summed E-state index contributed by atoms with van der Waals surface area (Å²) in [4.78, 5) is 0. The lowest BCUT2D eigenvalue weighted by atomic mass is 9.61. The Morgan fingerprint density at radius 2 is 1.89 bits per heavy atom. The van der Waals surface area contributed by atoms with Gasteiger partial charge in [0.1, 0.15) is 0 Å². The Morgan fingerprint density at radius 1 is 1.26 bits per heavy atom. The van der Waals surface area contributed by atoms with Crippen molar-refractivity contribution in [2.24, 2.45) is 11.3 Å². The number of hydrogen-bond acceptors (Lipinski definition) is 3. The van der Waals surface area contributed by atoms with Gasteiger partial charge in [-0.1, -0.05) is 20.8 Å². The van der Waals surface area contributed by atoms with Crippen molar-refractivity contribution in [1.82, 2.24) is 0 Å². The van der Waals surface area contributed by atoms with Crippen molar-refractivity contribution in [2.75, 3.05) is 6.51 Å². The number of fused-ring (bicyclic) bond motifs is 1. The molecule has 0 spiro atoms. The molecular formula is C15H29BO3. The molecule has 1 aliphatic heterocycles. The first kappa shape index (κ1) is 15.3. The maximum absolute atomic E-state index is 6.25. The zero-order chi connectivity index (χ0) is 14.5. The van der Waals surface area contributed by atoms with Crippen molar-refractivity contribution < 1.29 is 14.0 Å². The van der Waals surface area contributed by atoms with Gasteiger partial charge in [0.25, 0.3) is 0 Å². The van der Waals surface area contributed by atoms with Crippen LogP contribution >= 0.6 is 0 Å². The minimum atomic E-state index is -0.217. The Kier molecular flexibility index (Phi) is 3.83. The average Bonchev–Trinajstić information content (AvgIpc) is 2.60. The van der Waals surface area contributed by atoms with Crippen LogP contribution in [0.1, 0.15) is 61.3 Å². The van der Waals surface area contributed by atoms with Crippen LogP contribution < -0.4 is 0 Å². The fourth-order valence-corrected chi connectivity index (χ4v) is 3.33. The predicted molar refractivity (Wildman–Crippen MR) is 78.0 cm³/mol. The molecule has 1 saturated carbocycles. The Balaban J connectivity index is 2.02. The molecule has 2 rings (SSSR count). The highest BCUT2D eigenvalue weighted by molar-refractivity contribution is 6.45. The third-order valence-electron chi connectivity index (χ3n) is 5.08. The van der Waals surface area contributed by atoms with Crippen molar-refractivity contribution >= 4 is 7.12 Å². The summed E-state index contributed by atoms with van der Waals surface area (Å²) in [6.07, 6.45) is 2.49. The van der Waals surface area contributed by atoms with Gasteiger partial charge in [-0.3, -0.25) is 0 Å². The largest absolute Gasteiger partial charge is 0.485 e. The van der Waals surface area contributed by atoms with E-state index in [1.165, 1.54) is 6.42 Å². The van der Waals surface area contributed by atoms with Gasteiger partial charge < -0.3 is 14.0 Å². The van der Waals surface area contributed by atoms with Gasteiger partial charge >= 0.3 is 7.12 Å². The molecule has 0 aromatic heterocycles. The van der Waals surface area contributed by atoms with E-state index in [0.717, 1.165) is 6.42 Å². The molecular weight excluding hydrogens is 239 g/mol. The quantitative estimate of drug-likeness (QED) is 0.718. The molecule has 0 aromatic rings. The standard InChI is InChI=1S/C15H29BO3/c1-11-14(5,6)9-8-12-15(11,7)19-16(18-12)10-17-13(2,3)4/h11-12H,8-10H2,1-7H3/t11-,12+,15-/m0/s1. The molecule has 0 aromatic carbocycles. The van der Waals surface area contributed by atoms with Crippen LogP contribution in [-0.2, 0) is 14.0 Å². The zero-order valence-electron chi connectivity index (χ0n) is 13.6. The Hall–Kier alpha value is -0.0551. The van der Waals surface area contributed by atoms with Crippen LogP contribution in [0.3, 0.4) is 0 Å². The lowest BCUT2D eigenvalue weighted by Gasteiger charge is -2.49. The summed E-state index contributed by atoms with van der Waals surface area (Å²) < 4.78 is 18.1. The van der Waals surface area contributed by atoms with Gasteiger partial charge in [-0.15, -0.1) is 0 Å². The van der Waals surface area contributed by atoms with E-state index in [1.54, 1.807) is 0 Å². The molecule has 0 radical (unpaired) electrons. The van der Waals surface area contributed by atoms with Crippen molar-refractivity contribution in [1.29, 1.82) is 0 Å². The maximum atomic E-state index is 6.25. The van der Waals surface area contributed by atoms with E-state index in [9.17, 15) is 0 Å².